The van der Waals surface area contributed by atoms with E-state index in [-0.39, 0.29) is 11.9 Å². The number of nitrogens with zero attached hydrogens (tertiary/aromatic N) is 2. The average molecular weight is 476 g/mol. The number of halogens is 1. The van der Waals surface area contributed by atoms with Crippen LogP contribution in [0.5, 0.6) is 5.75 Å². The molecule has 0 fully saturated rings. The van der Waals surface area contributed by atoms with E-state index in [1.807, 2.05) is 31.2 Å². The summed E-state index contributed by atoms with van der Waals surface area (Å²) in [4.78, 5) is 17.6. The standard InChI is InChI=1S/C28H30ClN3O2/c1-19-10-15-26(20(2)18-19)34-17-7-6-16-32-25-9-5-4-8-24(25)31-27(32)21(3)30-28(33)22-11-13-23(29)14-12-22/h4-5,8-15,18,21H,6-7,16-17H2,1-3H3,(H,30,33). The number of nitrogens with one attached hydrogen (secondary N) is 1. The van der Waals surface area contributed by atoms with Gasteiger partial charge in [-0.05, 0) is 81.6 Å². The van der Waals surface area contributed by atoms with Crippen LogP contribution in [0.2, 0.25) is 5.02 Å². The lowest BCUT2D eigenvalue weighted by atomic mass is 10.1. The van der Waals surface area contributed by atoms with E-state index in [1.54, 1.807) is 24.3 Å². The SMILES string of the molecule is Cc1ccc(OCCCCn2c(C(C)NC(=O)c3ccc(Cl)cc3)nc3ccccc32)c(C)c1. The van der Waals surface area contributed by atoms with Crippen LogP contribution in [0.25, 0.3) is 11.0 Å². The fourth-order valence-electron chi connectivity index (χ4n) is 4.12. The molecule has 176 valence electrons. The minimum atomic E-state index is -0.248. The van der Waals surface area contributed by atoms with Gasteiger partial charge in [0.25, 0.3) is 5.91 Å². The lowest BCUT2D eigenvalue weighted by Crippen LogP contribution is -2.28. The number of hydrogen-bond acceptors (Lipinski definition) is 3. The summed E-state index contributed by atoms with van der Waals surface area (Å²) in [6.07, 6.45) is 1.86. The minimum Gasteiger partial charge on any atom is -0.493 e. The third-order valence-corrected chi connectivity index (χ3v) is 6.14. The van der Waals surface area contributed by atoms with Crippen LogP contribution in [-0.4, -0.2) is 22.1 Å². The molecule has 1 atom stereocenters. The van der Waals surface area contributed by atoms with Gasteiger partial charge in [-0.3, -0.25) is 4.79 Å². The third kappa shape index (κ3) is 5.60. The van der Waals surface area contributed by atoms with Crippen LogP contribution >= 0.6 is 11.6 Å². The molecule has 0 saturated heterocycles. The highest BCUT2D eigenvalue weighted by Crippen LogP contribution is 2.23. The highest BCUT2D eigenvalue weighted by molar-refractivity contribution is 6.30. The van der Waals surface area contributed by atoms with Crippen molar-refractivity contribution < 1.29 is 9.53 Å². The molecule has 1 heterocycles. The third-order valence-electron chi connectivity index (χ3n) is 5.89. The zero-order valence-corrected chi connectivity index (χ0v) is 20.6. The topological polar surface area (TPSA) is 56.1 Å². The summed E-state index contributed by atoms with van der Waals surface area (Å²) in [6, 6.07) is 21.0. The predicted octanol–water partition coefficient (Wildman–Crippen LogP) is 6.66. The molecule has 4 aromatic rings. The number of para-hydroxylation sites is 2. The molecule has 0 saturated carbocycles. The zero-order valence-electron chi connectivity index (χ0n) is 19.8. The number of fused-ring (bicyclic) bond motifs is 1. The van der Waals surface area contributed by atoms with Crippen molar-refractivity contribution >= 4 is 28.5 Å². The minimum absolute atomic E-state index is 0.148. The maximum absolute atomic E-state index is 12.7. The van der Waals surface area contributed by atoms with Gasteiger partial charge in [-0.1, -0.05) is 41.4 Å². The van der Waals surface area contributed by atoms with Gasteiger partial charge in [0.2, 0.25) is 0 Å². The van der Waals surface area contributed by atoms with E-state index in [9.17, 15) is 4.79 Å². The van der Waals surface area contributed by atoms with E-state index in [2.05, 4.69) is 41.9 Å². The van der Waals surface area contributed by atoms with Crippen molar-refractivity contribution in [3.63, 3.8) is 0 Å². The van der Waals surface area contributed by atoms with Crippen molar-refractivity contribution in [3.05, 3.63) is 94.3 Å². The molecule has 0 radical (unpaired) electrons. The number of hydrogen-bond donors (Lipinski definition) is 1. The maximum Gasteiger partial charge on any atom is 0.251 e. The van der Waals surface area contributed by atoms with Crippen molar-refractivity contribution in [2.24, 2.45) is 0 Å². The number of ether oxygens (including phenoxy) is 1. The second-order valence-corrected chi connectivity index (χ2v) is 9.07. The highest BCUT2D eigenvalue weighted by atomic mass is 35.5. The van der Waals surface area contributed by atoms with E-state index in [1.165, 1.54) is 5.56 Å². The van der Waals surface area contributed by atoms with E-state index in [0.29, 0.717) is 17.2 Å². The Kier molecular flexibility index (Phi) is 7.53. The van der Waals surface area contributed by atoms with Crippen LogP contribution < -0.4 is 10.1 Å². The van der Waals surface area contributed by atoms with Gasteiger partial charge < -0.3 is 14.6 Å². The van der Waals surface area contributed by atoms with Crippen molar-refractivity contribution in [2.45, 2.75) is 46.2 Å². The summed E-state index contributed by atoms with van der Waals surface area (Å²) in [5, 5.41) is 3.68. The first-order valence-corrected chi connectivity index (χ1v) is 12.0. The van der Waals surface area contributed by atoms with Gasteiger partial charge in [-0.2, -0.15) is 0 Å². The summed E-state index contributed by atoms with van der Waals surface area (Å²) >= 11 is 5.95. The van der Waals surface area contributed by atoms with Crippen LogP contribution in [0.15, 0.2) is 66.7 Å². The normalized spacial score (nSPS) is 12.0. The molecule has 0 aliphatic rings. The highest BCUT2D eigenvalue weighted by Gasteiger charge is 2.19. The molecule has 3 aromatic carbocycles. The molecular formula is C28H30ClN3O2. The second-order valence-electron chi connectivity index (χ2n) is 8.64. The van der Waals surface area contributed by atoms with E-state index in [4.69, 9.17) is 21.3 Å². The largest absolute Gasteiger partial charge is 0.493 e. The lowest BCUT2D eigenvalue weighted by Gasteiger charge is -2.17. The monoisotopic (exact) mass is 475 g/mol. The first-order chi connectivity index (χ1) is 16.4. The number of amides is 1. The van der Waals surface area contributed by atoms with Gasteiger partial charge in [0.1, 0.15) is 11.6 Å². The Morgan fingerprint density at radius 2 is 1.82 bits per heavy atom. The predicted molar refractivity (Wildman–Crippen MR) is 138 cm³/mol. The Bertz CT molecular complexity index is 1280. The Labute approximate surface area is 205 Å². The molecule has 6 heteroatoms. The summed E-state index contributed by atoms with van der Waals surface area (Å²) < 4.78 is 8.20. The Balaban J connectivity index is 1.42. The van der Waals surface area contributed by atoms with Crippen LogP contribution in [0.4, 0.5) is 0 Å². The zero-order chi connectivity index (χ0) is 24.1. The van der Waals surface area contributed by atoms with Gasteiger partial charge in [0.15, 0.2) is 0 Å². The summed E-state index contributed by atoms with van der Waals surface area (Å²) in [7, 11) is 0. The van der Waals surface area contributed by atoms with Crippen molar-refractivity contribution in [3.8, 4) is 5.75 Å². The summed E-state index contributed by atoms with van der Waals surface area (Å²) in [6.45, 7) is 7.59. The first-order valence-electron chi connectivity index (χ1n) is 11.6. The average Bonchev–Trinajstić information content (AvgIpc) is 3.19. The van der Waals surface area contributed by atoms with Crippen LogP contribution in [0.1, 0.15) is 53.1 Å². The van der Waals surface area contributed by atoms with Gasteiger partial charge >= 0.3 is 0 Å². The van der Waals surface area contributed by atoms with Crippen molar-refractivity contribution in [1.82, 2.24) is 14.9 Å². The molecule has 34 heavy (non-hydrogen) atoms. The Hall–Kier alpha value is -3.31. The Morgan fingerprint density at radius 1 is 1.06 bits per heavy atom. The van der Waals surface area contributed by atoms with Crippen LogP contribution in [-0.2, 0) is 6.54 Å². The summed E-state index contributed by atoms with van der Waals surface area (Å²) in [5.41, 5.74) is 4.97. The van der Waals surface area contributed by atoms with E-state index < -0.39 is 0 Å². The number of carbonyl (C=O) groups excluding carboxylic acids is 1. The molecule has 0 bridgehead atoms. The Morgan fingerprint density at radius 3 is 2.59 bits per heavy atom. The molecule has 4 rings (SSSR count). The number of benzene rings is 3. The van der Waals surface area contributed by atoms with E-state index >= 15 is 0 Å². The summed E-state index contributed by atoms with van der Waals surface area (Å²) in [5.74, 6) is 1.64. The fraction of sp³-hybridized carbons (Fsp3) is 0.286. The quantitative estimate of drug-likeness (QED) is 0.275. The van der Waals surface area contributed by atoms with Crippen LogP contribution in [0.3, 0.4) is 0 Å². The van der Waals surface area contributed by atoms with Crippen LogP contribution in [0, 0.1) is 13.8 Å². The van der Waals surface area contributed by atoms with Gasteiger partial charge in [-0.15, -0.1) is 0 Å². The lowest BCUT2D eigenvalue weighted by molar-refractivity contribution is 0.0937. The number of unbranched alkanes of at least 4 members (excludes halogenated alkanes) is 1. The molecule has 1 unspecified atom stereocenters. The molecule has 1 amide bonds. The molecule has 1 N–H and O–H groups in total. The van der Waals surface area contributed by atoms with Gasteiger partial charge in [0.05, 0.1) is 23.7 Å². The first kappa shape index (κ1) is 23.8. The molecule has 0 spiro atoms. The fourth-order valence-corrected chi connectivity index (χ4v) is 4.25. The number of carbonyl (C=O) groups is 1. The molecule has 1 aromatic heterocycles. The molecule has 5 nitrogen and oxygen atoms in total. The molecule has 0 aliphatic carbocycles. The van der Waals surface area contributed by atoms with Crippen molar-refractivity contribution in [1.29, 1.82) is 0 Å². The second kappa shape index (κ2) is 10.7. The number of aromatic nitrogens is 2. The van der Waals surface area contributed by atoms with Gasteiger partial charge in [0, 0.05) is 17.1 Å². The molecule has 0 aliphatic heterocycles. The molecular weight excluding hydrogens is 446 g/mol. The number of imidazole rings is 1. The smallest absolute Gasteiger partial charge is 0.251 e. The van der Waals surface area contributed by atoms with Gasteiger partial charge in [-0.25, -0.2) is 4.98 Å². The number of aryl methyl sites for hydroxylation is 3. The van der Waals surface area contributed by atoms with Crippen molar-refractivity contribution in [2.75, 3.05) is 6.61 Å². The number of rotatable bonds is 9. The maximum atomic E-state index is 12.7. The van der Waals surface area contributed by atoms with E-state index in [0.717, 1.165) is 47.6 Å².